The highest BCUT2D eigenvalue weighted by Gasteiger charge is 2.49. The first kappa shape index (κ1) is 17.3. The summed E-state index contributed by atoms with van der Waals surface area (Å²) in [6.07, 6.45) is 4.69. The average Bonchev–Trinajstić information content (AvgIpc) is 2.93. The molecule has 1 amide bonds. The lowest BCUT2D eigenvalue weighted by molar-refractivity contribution is -0.134. The van der Waals surface area contributed by atoms with Crippen molar-refractivity contribution in [3.8, 4) is 0 Å². The summed E-state index contributed by atoms with van der Waals surface area (Å²) in [5.41, 5.74) is 2.28. The number of halogens is 1. The van der Waals surface area contributed by atoms with Gasteiger partial charge in [-0.3, -0.25) is 4.79 Å². The first-order valence-electron chi connectivity index (χ1n) is 8.20. The Labute approximate surface area is 139 Å². The van der Waals surface area contributed by atoms with Crippen molar-refractivity contribution in [2.45, 2.75) is 45.6 Å². The lowest BCUT2D eigenvalue weighted by Crippen LogP contribution is -2.48. The Morgan fingerprint density at radius 1 is 1.32 bits per heavy atom. The number of hydrogen-bond acceptors (Lipinski definition) is 2. The summed E-state index contributed by atoms with van der Waals surface area (Å²) in [6, 6.07) is 8.52. The molecule has 1 saturated carbocycles. The molecule has 0 radical (unpaired) electrons. The Balaban J connectivity index is 0.00000176. The molecule has 2 fully saturated rings. The molecule has 3 atom stereocenters. The van der Waals surface area contributed by atoms with Crippen LogP contribution in [0.5, 0.6) is 0 Å². The third-order valence-corrected chi connectivity index (χ3v) is 5.42. The second-order valence-electron chi connectivity index (χ2n) is 6.84. The molecule has 1 heterocycles. The van der Waals surface area contributed by atoms with Crippen LogP contribution < -0.4 is 10.6 Å². The SMILES string of the molecule is Cc1ccc(C(C)NC(=O)[C@@]23CCCC[C@H]2CNC3)cc1.Cl. The summed E-state index contributed by atoms with van der Waals surface area (Å²) in [6.45, 7) is 6.03. The van der Waals surface area contributed by atoms with E-state index in [1.807, 2.05) is 0 Å². The number of nitrogens with one attached hydrogen (secondary N) is 2. The Morgan fingerprint density at radius 2 is 2.05 bits per heavy atom. The highest BCUT2D eigenvalue weighted by molar-refractivity contribution is 5.85. The van der Waals surface area contributed by atoms with E-state index in [0.29, 0.717) is 5.92 Å². The number of rotatable bonds is 3. The first-order valence-corrected chi connectivity index (χ1v) is 8.20. The van der Waals surface area contributed by atoms with Gasteiger partial charge in [-0.05, 0) is 44.7 Å². The number of amides is 1. The fraction of sp³-hybridized carbons (Fsp3) is 0.611. The molecule has 3 nitrogen and oxygen atoms in total. The lowest BCUT2D eigenvalue weighted by Gasteiger charge is -2.38. The fourth-order valence-electron chi connectivity index (χ4n) is 3.97. The highest BCUT2D eigenvalue weighted by atomic mass is 35.5. The van der Waals surface area contributed by atoms with Gasteiger partial charge >= 0.3 is 0 Å². The van der Waals surface area contributed by atoms with Crippen molar-refractivity contribution >= 4 is 18.3 Å². The van der Waals surface area contributed by atoms with E-state index in [1.54, 1.807) is 0 Å². The largest absolute Gasteiger partial charge is 0.349 e. The van der Waals surface area contributed by atoms with Crippen LogP contribution in [0.1, 0.15) is 49.8 Å². The molecule has 22 heavy (non-hydrogen) atoms. The molecular formula is C18H27ClN2O. The number of carbonyl (C=O) groups excluding carboxylic acids is 1. The number of hydrogen-bond donors (Lipinski definition) is 2. The number of benzene rings is 1. The van der Waals surface area contributed by atoms with E-state index < -0.39 is 0 Å². The number of aryl methyl sites for hydroxylation is 1. The number of fused-ring (bicyclic) bond motifs is 1. The molecule has 3 rings (SSSR count). The van der Waals surface area contributed by atoms with Gasteiger partial charge in [0, 0.05) is 6.54 Å². The minimum atomic E-state index is -0.156. The summed E-state index contributed by atoms with van der Waals surface area (Å²) < 4.78 is 0. The van der Waals surface area contributed by atoms with Crippen molar-refractivity contribution in [1.29, 1.82) is 0 Å². The molecule has 1 aliphatic carbocycles. The third kappa shape index (κ3) is 3.16. The van der Waals surface area contributed by atoms with Crippen molar-refractivity contribution < 1.29 is 4.79 Å². The van der Waals surface area contributed by atoms with Gasteiger partial charge in [0.15, 0.2) is 0 Å². The van der Waals surface area contributed by atoms with Crippen LogP contribution >= 0.6 is 12.4 Å². The summed E-state index contributed by atoms with van der Waals surface area (Å²) in [5, 5.41) is 6.71. The van der Waals surface area contributed by atoms with Gasteiger partial charge in [0.25, 0.3) is 0 Å². The topological polar surface area (TPSA) is 41.1 Å². The fourth-order valence-corrected chi connectivity index (χ4v) is 3.97. The predicted molar refractivity (Wildman–Crippen MR) is 92.2 cm³/mol. The first-order chi connectivity index (χ1) is 10.1. The van der Waals surface area contributed by atoms with Crippen LogP contribution in [0.3, 0.4) is 0 Å². The second-order valence-corrected chi connectivity index (χ2v) is 6.84. The maximum atomic E-state index is 12.9. The zero-order valence-corrected chi connectivity index (χ0v) is 14.3. The molecule has 122 valence electrons. The minimum Gasteiger partial charge on any atom is -0.349 e. The summed E-state index contributed by atoms with van der Waals surface area (Å²) in [5.74, 6) is 0.779. The van der Waals surface area contributed by atoms with Crippen molar-refractivity contribution in [1.82, 2.24) is 10.6 Å². The summed E-state index contributed by atoms with van der Waals surface area (Å²) in [7, 11) is 0. The van der Waals surface area contributed by atoms with Gasteiger partial charge in [-0.15, -0.1) is 12.4 Å². The van der Waals surface area contributed by atoms with Crippen LogP contribution in [0, 0.1) is 18.3 Å². The van der Waals surface area contributed by atoms with Gasteiger partial charge in [0.05, 0.1) is 11.5 Å². The molecule has 0 aromatic heterocycles. The smallest absolute Gasteiger partial charge is 0.228 e. The van der Waals surface area contributed by atoms with Crippen LogP contribution in [-0.4, -0.2) is 19.0 Å². The van der Waals surface area contributed by atoms with Gasteiger partial charge in [-0.2, -0.15) is 0 Å². The molecule has 1 aliphatic heterocycles. The van der Waals surface area contributed by atoms with Crippen LogP contribution in [0.25, 0.3) is 0 Å². The average molecular weight is 323 g/mol. The third-order valence-electron chi connectivity index (χ3n) is 5.42. The molecule has 0 bridgehead atoms. The summed E-state index contributed by atoms with van der Waals surface area (Å²) >= 11 is 0. The molecule has 1 unspecified atom stereocenters. The molecule has 0 spiro atoms. The van der Waals surface area contributed by atoms with Crippen LogP contribution in [0.2, 0.25) is 0 Å². The Bertz CT molecular complexity index is 516. The zero-order chi connectivity index (χ0) is 14.9. The van der Waals surface area contributed by atoms with E-state index in [4.69, 9.17) is 0 Å². The molecule has 4 heteroatoms. The predicted octanol–water partition coefficient (Wildman–Crippen LogP) is 3.37. The normalized spacial score (nSPS) is 28.4. The van der Waals surface area contributed by atoms with E-state index in [1.165, 1.54) is 30.4 Å². The van der Waals surface area contributed by atoms with E-state index in [0.717, 1.165) is 19.5 Å². The van der Waals surface area contributed by atoms with Crippen molar-refractivity contribution in [3.63, 3.8) is 0 Å². The maximum Gasteiger partial charge on any atom is 0.228 e. The van der Waals surface area contributed by atoms with Gasteiger partial charge in [0.1, 0.15) is 0 Å². The van der Waals surface area contributed by atoms with E-state index in [-0.39, 0.29) is 29.8 Å². The highest BCUT2D eigenvalue weighted by Crippen LogP contribution is 2.44. The molecular weight excluding hydrogens is 296 g/mol. The Hall–Kier alpha value is -1.06. The quantitative estimate of drug-likeness (QED) is 0.895. The molecule has 2 N–H and O–H groups in total. The summed E-state index contributed by atoms with van der Waals surface area (Å²) in [4.78, 5) is 12.9. The van der Waals surface area contributed by atoms with Gasteiger partial charge < -0.3 is 10.6 Å². The van der Waals surface area contributed by atoms with Crippen LogP contribution in [-0.2, 0) is 4.79 Å². The van der Waals surface area contributed by atoms with E-state index in [9.17, 15) is 4.79 Å². The van der Waals surface area contributed by atoms with Gasteiger partial charge in [-0.1, -0.05) is 42.7 Å². The van der Waals surface area contributed by atoms with E-state index in [2.05, 4.69) is 48.7 Å². The Morgan fingerprint density at radius 3 is 2.77 bits per heavy atom. The van der Waals surface area contributed by atoms with Gasteiger partial charge in [-0.25, -0.2) is 0 Å². The van der Waals surface area contributed by atoms with Gasteiger partial charge in [0.2, 0.25) is 5.91 Å². The van der Waals surface area contributed by atoms with E-state index >= 15 is 0 Å². The zero-order valence-electron chi connectivity index (χ0n) is 13.5. The molecule has 1 aromatic rings. The minimum absolute atomic E-state index is 0. The second kappa shape index (κ2) is 7.01. The molecule has 1 aromatic carbocycles. The van der Waals surface area contributed by atoms with Crippen molar-refractivity contribution in [2.75, 3.05) is 13.1 Å². The van der Waals surface area contributed by atoms with Crippen molar-refractivity contribution in [3.05, 3.63) is 35.4 Å². The monoisotopic (exact) mass is 322 g/mol. The lowest BCUT2D eigenvalue weighted by atomic mass is 9.67. The maximum absolute atomic E-state index is 12.9. The molecule has 2 aliphatic rings. The Kier molecular flexibility index (Phi) is 5.51. The molecule has 1 saturated heterocycles. The van der Waals surface area contributed by atoms with Crippen LogP contribution in [0.15, 0.2) is 24.3 Å². The van der Waals surface area contributed by atoms with Crippen LogP contribution in [0.4, 0.5) is 0 Å². The standard InChI is InChI=1S/C18H26N2O.ClH/c1-13-6-8-15(9-7-13)14(2)20-17(21)18-10-4-3-5-16(18)11-19-12-18;/h6-9,14,16,19H,3-5,10-12H2,1-2H3,(H,20,21);1H/t14?,16-,18+;/m0./s1. The van der Waals surface area contributed by atoms with Crippen molar-refractivity contribution in [2.24, 2.45) is 11.3 Å². The number of carbonyl (C=O) groups is 1.